The minimum Gasteiger partial charge on any atom is -0.391 e. The molecule has 18 heavy (non-hydrogen) atoms. The number of nitrogens with zero attached hydrogens (tertiary/aromatic N) is 2. The van der Waals surface area contributed by atoms with Crippen molar-refractivity contribution in [3.8, 4) is 0 Å². The maximum Gasteiger partial charge on any atom is 0.275 e. The summed E-state index contributed by atoms with van der Waals surface area (Å²) in [5.41, 5.74) is 1.30. The lowest BCUT2D eigenvalue weighted by atomic mass is 10.1. The minimum atomic E-state index is -0.409. The number of H-pyrrole nitrogens is 1. The number of rotatable bonds is 1. The smallest absolute Gasteiger partial charge is 0.275 e. The molecule has 0 bridgehead atoms. The van der Waals surface area contributed by atoms with Crippen molar-refractivity contribution in [2.24, 2.45) is 0 Å². The van der Waals surface area contributed by atoms with E-state index in [0.717, 1.165) is 23.7 Å². The van der Waals surface area contributed by atoms with Gasteiger partial charge in [0.15, 0.2) is 5.69 Å². The molecule has 2 N–H and O–H groups in total. The number of β-amino-alcohol motifs (C(OH)–C–C–N with tert-alkyl or cyclic N) is 1. The Morgan fingerprint density at radius 1 is 1.44 bits per heavy atom. The zero-order chi connectivity index (χ0) is 12.5. The zero-order valence-corrected chi connectivity index (χ0v) is 9.97. The van der Waals surface area contributed by atoms with Gasteiger partial charge < -0.3 is 10.0 Å². The van der Waals surface area contributed by atoms with E-state index in [1.165, 1.54) is 0 Å². The molecule has 1 aliphatic rings. The van der Waals surface area contributed by atoms with E-state index in [0.29, 0.717) is 18.8 Å². The van der Waals surface area contributed by atoms with Crippen LogP contribution in [0.1, 0.15) is 23.3 Å². The van der Waals surface area contributed by atoms with E-state index in [1.54, 1.807) is 4.90 Å². The van der Waals surface area contributed by atoms with Crippen molar-refractivity contribution in [3.63, 3.8) is 0 Å². The number of aliphatic hydroxyl groups is 1. The first-order valence-corrected chi connectivity index (χ1v) is 6.16. The Bertz CT molecular complexity index is 578. The van der Waals surface area contributed by atoms with Gasteiger partial charge in [-0.15, -0.1) is 0 Å². The van der Waals surface area contributed by atoms with Crippen molar-refractivity contribution in [2.45, 2.75) is 18.9 Å². The number of fused-ring (bicyclic) bond motifs is 1. The van der Waals surface area contributed by atoms with Crippen LogP contribution in [0.5, 0.6) is 0 Å². The summed E-state index contributed by atoms with van der Waals surface area (Å²) in [6, 6.07) is 7.57. The Balaban J connectivity index is 1.92. The predicted molar refractivity (Wildman–Crippen MR) is 67.2 cm³/mol. The van der Waals surface area contributed by atoms with Crippen molar-refractivity contribution in [1.82, 2.24) is 15.1 Å². The number of para-hydroxylation sites is 1. The zero-order valence-electron chi connectivity index (χ0n) is 9.97. The Morgan fingerprint density at radius 3 is 3.11 bits per heavy atom. The molecule has 1 amide bonds. The summed E-state index contributed by atoms with van der Waals surface area (Å²) in [5.74, 6) is -0.105. The number of piperidine rings is 1. The summed E-state index contributed by atoms with van der Waals surface area (Å²) in [6.45, 7) is 1.09. The number of nitrogens with one attached hydrogen (secondary N) is 1. The van der Waals surface area contributed by atoms with Crippen LogP contribution in [-0.2, 0) is 0 Å². The second-order valence-electron chi connectivity index (χ2n) is 4.67. The van der Waals surface area contributed by atoms with Gasteiger partial charge in [-0.25, -0.2) is 0 Å². The van der Waals surface area contributed by atoms with Gasteiger partial charge in [-0.05, 0) is 18.9 Å². The number of benzene rings is 1. The largest absolute Gasteiger partial charge is 0.391 e. The van der Waals surface area contributed by atoms with E-state index in [2.05, 4.69) is 10.2 Å². The number of likely N-dealkylation sites (tertiary alicyclic amines) is 1. The van der Waals surface area contributed by atoms with Crippen LogP contribution >= 0.6 is 0 Å². The van der Waals surface area contributed by atoms with Crippen LogP contribution < -0.4 is 0 Å². The van der Waals surface area contributed by atoms with Crippen molar-refractivity contribution >= 4 is 16.8 Å². The van der Waals surface area contributed by atoms with Crippen molar-refractivity contribution in [3.05, 3.63) is 30.0 Å². The first-order valence-electron chi connectivity index (χ1n) is 6.16. The third-order valence-corrected chi connectivity index (χ3v) is 3.36. The molecule has 1 atom stereocenters. The molecule has 3 rings (SSSR count). The molecule has 0 saturated carbocycles. The second-order valence-corrected chi connectivity index (χ2v) is 4.67. The highest BCUT2D eigenvalue weighted by atomic mass is 16.3. The van der Waals surface area contributed by atoms with Crippen LogP contribution in [0, 0.1) is 0 Å². The Hall–Kier alpha value is -1.88. The monoisotopic (exact) mass is 245 g/mol. The number of hydrogen-bond donors (Lipinski definition) is 2. The van der Waals surface area contributed by atoms with Gasteiger partial charge in [0.05, 0.1) is 11.6 Å². The molecular formula is C13H15N3O2. The lowest BCUT2D eigenvalue weighted by Crippen LogP contribution is -2.42. The van der Waals surface area contributed by atoms with Crippen molar-refractivity contribution in [1.29, 1.82) is 0 Å². The molecule has 2 heterocycles. The van der Waals surface area contributed by atoms with E-state index in [-0.39, 0.29) is 5.91 Å². The topological polar surface area (TPSA) is 69.2 Å². The second kappa shape index (κ2) is 4.42. The van der Waals surface area contributed by atoms with E-state index in [9.17, 15) is 9.90 Å². The molecule has 5 nitrogen and oxygen atoms in total. The lowest BCUT2D eigenvalue weighted by Gasteiger charge is -2.29. The fraction of sp³-hybridized carbons (Fsp3) is 0.385. The number of aromatic nitrogens is 2. The Labute approximate surface area is 104 Å². The first-order chi connectivity index (χ1) is 8.75. The van der Waals surface area contributed by atoms with Gasteiger partial charge in [-0.3, -0.25) is 9.89 Å². The summed E-state index contributed by atoms with van der Waals surface area (Å²) >= 11 is 0. The van der Waals surface area contributed by atoms with Gasteiger partial charge in [0.25, 0.3) is 5.91 Å². The van der Waals surface area contributed by atoms with E-state index < -0.39 is 6.10 Å². The normalized spacial score (nSPS) is 20.3. The summed E-state index contributed by atoms with van der Waals surface area (Å²) in [5, 5.41) is 17.4. The summed E-state index contributed by atoms with van der Waals surface area (Å²) in [7, 11) is 0. The van der Waals surface area contributed by atoms with Crippen LogP contribution in [0.2, 0.25) is 0 Å². The third kappa shape index (κ3) is 1.86. The fourth-order valence-corrected chi connectivity index (χ4v) is 2.42. The van der Waals surface area contributed by atoms with Gasteiger partial charge in [0, 0.05) is 18.5 Å². The van der Waals surface area contributed by atoms with Gasteiger partial charge in [-0.2, -0.15) is 5.10 Å². The number of aliphatic hydroxyl groups excluding tert-OH is 1. The molecule has 5 heteroatoms. The molecule has 1 saturated heterocycles. The van der Waals surface area contributed by atoms with Crippen LogP contribution in [-0.4, -0.2) is 45.3 Å². The van der Waals surface area contributed by atoms with Gasteiger partial charge in [-0.1, -0.05) is 18.2 Å². The number of carbonyl (C=O) groups excluding carboxylic acids is 1. The van der Waals surface area contributed by atoms with Gasteiger partial charge in [0.1, 0.15) is 0 Å². The highest BCUT2D eigenvalue weighted by Crippen LogP contribution is 2.19. The average Bonchev–Trinajstić information content (AvgIpc) is 2.82. The van der Waals surface area contributed by atoms with Crippen molar-refractivity contribution < 1.29 is 9.90 Å². The first kappa shape index (κ1) is 11.2. The van der Waals surface area contributed by atoms with E-state index >= 15 is 0 Å². The third-order valence-electron chi connectivity index (χ3n) is 3.36. The summed E-state index contributed by atoms with van der Waals surface area (Å²) in [4.78, 5) is 14.0. The predicted octanol–water partition coefficient (Wildman–Crippen LogP) is 1.16. The Kier molecular flexibility index (Phi) is 2.76. The highest BCUT2D eigenvalue weighted by molar-refractivity contribution is 6.04. The van der Waals surface area contributed by atoms with E-state index in [4.69, 9.17) is 0 Å². The standard InChI is InChI=1S/C13H15N3O2/c17-9-4-3-7-16(8-9)13(18)12-10-5-1-2-6-11(10)14-15-12/h1-2,5-6,9,17H,3-4,7-8H2,(H,14,15). The average molecular weight is 245 g/mol. The molecule has 0 radical (unpaired) electrons. The summed E-state index contributed by atoms with van der Waals surface area (Å²) < 4.78 is 0. The Morgan fingerprint density at radius 2 is 2.28 bits per heavy atom. The van der Waals surface area contributed by atoms with Crippen LogP contribution in [0.4, 0.5) is 0 Å². The molecule has 1 aromatic carbocycles. The molecule has 1 unspecified atom stereocenters. The summed E-state index contributed by atoms with van der Waals surface area (Å²) in [6.07, 6.45) is 1.20. The molecule has 1 aliphatic heterocycles. The molecule has 1 fully saturated rings. The highest BCUT2D eigenvalue weighted by Gasteiger charge is 2.25. The van der Waals surface area contributed by atoms with Gasteiger partial charge >= 0.3 is 0 Å². The number of carbonyl (C=O) groups is 1. The molecule has 2 aromatic rings. The minimum absolute atomic E-state index is 0.105. The van der Waals surface area contributed by atoms with Crippen molar-refractivity contribution in [2.75, 3.05) is 13.1 Å². The van der Waals surface area contributed by atoms with Gasteiger partial charge in [0.2, 0.25) is 0 Å². The van der Waals surface area contributed by atoms with Crippen LogP contribution in [0.15, 0.2) is 24.3 Å². The maximum atomic E-state index is 12.4. The number of hydrogen-bond acceptors (Lipinski definition) is 3. The number of aromatic amines is 1. The molecule has 94 valence electrons. The lowest BCUT2D eigenvalue weighted by molar-refractivity contribution is 0.0470. The fourth-order valence-electron chi connectivity index (χ4n) is 2.42. The molecular weight excluding hydrogens is 230 g/mol. The van der Waals surface area contributed by atoms with E-state index in [1.807, 2.05) is 24.3 Å². The van der Waals surface area contributed by atoms with Crippen LogP contribution in [0.3, 0.4) is 0 Å². The molecule has 0 spiro atoms. The maximum absolute atomic E-state index is 12.4. The SMILES string of the molecule is O=C(c1n[nH]c2ccccc12)N1CCCC(O)C1. The molecule has 1 aromatic heterocycles. The van der Waals surface area contributed by atoms with Crippen LogP contribution in [0.25, 0.3) is 10.9 Å². The molecule has 0 aliphatic carbocycles. The number of amides is 1. The quantitative estimate of drug-likeness (QED) is 0.792.